The molecule has 0 amide bonds. The van der Waals surface area contributed by atoms with Crippen molar-refractivity contribution in [1.29, 1.82) is 0 Å². The van der Waals surface area contributed by atoms with Crippen molar-refractivity contribution in [2.75, 3.05) is 13.2 Å². The maximum absolute atomic E-state index is 6.37. The molecule has 1 heterocycles. The minimum absolute atomic E-state index is 0.121. The molecule has 0 radical (unpaired) electrons. The van der Waals surface area contributed by atoms with Gasteiger partial charge < -0.3 is 10.5 Å². The van der Waals surface area contributed by atoms with Crippen LogP contribution in [0.3, 0.4) is 0 Å². The maximum atomic E-state index is 6.37. The third-order valence-corrected chi connectivity index (χ3v) is 3.57. The molecule has 0 aromatic rings. The molecule has 1 aliphatic heterocycles. The van der Waals surface area contributed by atoms with Crippen molar-refractivity contribution < 1.29 is 4.74 Å². The van der Waals surface area contributed by atoms with Crippen LogP contribution in [0, 0.1) is 11.8 Å². The molecule has 0 aromatic heterocycles. The standard InChI is InChI=1S/C10H19NO/c1-8-2-4-10(11,6-8)9-3-5-12-7-9/h8-9H,2-7,11H2,1H3. The van der Waals surface area contributed by atoms with Crippen LogP contribution in [0.15, 0.2) is 0 Å². The van der Waals surface area contributed by atoms with Crippen molar-refractivity contribution in [2.24, 2.45) is 17.6 Å². The first kappa shape index (κ1) is 8.52. The van der Waals surface area contributed by atoms with Crippen LogP contribution in [0.1, 0.15) is 32.6 Å². The average molecular weight is 169 g/mol. The van der Waals surface area contributed by atoms with E-state index in [0.717, 1.165) is 19.1 Å². The lowest BCUT2D eigenvalue weighted by atomic mass is 9.82. The molecule has 1 saturated heterocycles. The molecule has 0 spiro atoms. The van der Waals surface area contributed by atoms with Gasteiger partial charge in [-0.05, 0) is 31.6 Å². The van der Waals surface area contributed by atoms with Gasteiger partial charge in [-0.15, -0.1) is 0 Å². The lowest BCUT2D eigenvalue weighted by Gasteiger charge is -2.30. The van der Waals surface area contributed by atoms with E-state index in [4.69, 9.17) is 10.5 Å². The number of hydrogen-bond acceptors (Lipinski definition) is 2. The van der Waals surface area contributed by atoms with Gasteiger partial charge in [0.2, 0.25) is 0 Å². The smallest absolute Gasteiger partial charge is 0.0512 e. The fourth-order valence-corrected chi connectivity index (χ4v) is 2.73. The summed E-state index contributed by atoms with van der Waals surface area (Å²) in [5.74, 6) is 1.47. The molecule has 70 valence electrons. The maximum Gasteiger partial charge on any atom is 0.0512 e. The van der Waals surface area contributed by atoms with Gasteiger partial charge in [-0.2, -0.15) is 0 Å². The number of nitrogens with two attached hydrogens (primary N) is 1. The Balaban J connectivity index is 2.00. The molecule has 0 bridgehead atoms. The SMILES string of the molecule is CC1CCC(N)(C2CCOC2)C1. The van der Waals surface area contributed by atoms with E-state index in [2.05, 4.69) is 6.92 Å². The lowest BCUT2D eigenvalue weighted by Crippen LogP contribution is -2.45. The van der Waals surface area contributed by atoms with E-state index in [1.54, 1.807) is 0 Å². The summed E-state index contributed by atoms with van der Waals surface area (Å²) in [6.45, 7) is 4.14. The third kappa shape index (κ3) is 1.38. The largest absolute Gasteiger partial charge is 0.381 e. The second-order valence-corrected chi connectivity index (χ2v) is 4.64. The molecule has 2 aliphatic rings. The summed E-state index contributed by atoms with van der Waals surface area (Å²) in [6, 6.07) is 0. The first-order valence-electron chi connectivity index (χ1n) is 5.07. The fraction of sp³-hybridized carbons (Fsp3) is 1.00. The van der Waals surface area contributed by atoms with Crippen molar-refractivity contribution in [3.05, 3.63) is 0 Å². The van der Waals surface area contributed by atoms with Gasteiger partial charge in [-0.3, -0.25) is 0 Å². The molecule has 2 fully saturated rings. The molecule has 12 heavy (non-hydrogen) atoms. The van der Waals surface area contributed by atoms with Crippen LogP contribution >= 0.6 is 0 Å². The van der Waals surface area contributed by atoms with Crippen LogP contribution in [-0.4, -0.2) is 18.8 Å². The fourth-order valence-electron chi connectivity index (χ4n) is 2.73. The Bertz CT molecular complexity index is 165. The van der Waals surface area contributed by atoms with Gasteiger partial charge in [-0.1, -0.05) is 6.92 Å². The van der Waals surface area contributed by atoms with E-state index in [0.29, 0.717) is 5.92 Å². The molecule has 2 heteroatoms. The van der Waals surface area contributed by atoms with Crippen molar-refractivity contribution in [3.8, 4) is 0 Å². The Morgan fingerprint density at radius 2 is 2.25 bits per heavy atom. The normalized spacial score (nSPS) is 48.5. The van der Waals surface area contributed by atoms with E-state index in [9.17, 15) is 0 Å². The van der Waals surface area contributed by atoms with E-state index < -0.39 is 0 Å². The highest BCUT2D eigenvalue weighted by Gasteiger charge is 2.41. The Hall–Kier alpha value is -0.0800. The lowest BCUT2D eigenvalue weighted by molar-refractivity contribution is 0.162. The third-order valence-electron chi connectivity index (χ3n) is 3.57. The molecule has 2 N–H and O–H groups in total. The molecule has 1 saturated carbocycles. The van der Waals surface area contributed by atoms with Crippen LogP contribution in [-0.2, 0) is 4.74 Å². The Kier molecular flexibility index (Phi) is 2.13. The van der Waals surface area contributed by atoms with Crippen molar-refractivity contribution in [1.82, 2.24) is 0 Å². The van der Waals surface area contributed by atoms with Gasteiger partial charge in [0.1, 0.15) is 0 Å². The van der Waals surface area contributed by atoms with Gasteiger partial charge in [0, 0.05) is 18.1 Å². The Labute approximate surface area is 74.5 Å². The summed E-state index contributed by atoms with van der Waals surface area (Å²) >= 11 is 0. The molecule has 2 rings (SSSR count). The zero-order valence-corrected chi connectivity index (χ0v) is 7.88. The molecule has 3 unspecified atom stereocenters. The van der Waals surface area contributed by atoms with E-state index in [-0.39, 0.29) is 5.54 Å². The quantitative estimate of drug-likeness (QED) is 0.646. The Morgan fingerprint density at radius 1 is 1.42 bits per heavy atom. The zero-order valence-electron chi connectivity index (χ0n) is 7.88. The first-order chi connectivity index (χ1) is 5.71. The van der Waals surface area contributed by atoms with Gasteiger partial charge in [0.15, 0.2) is 0 Å². The van der Waals surface area contributed by atoms with Crippen molar-refractivity contribution >= 4 is 0 Å². The van der Waals surface area contributed by atoms with Gasteiger partial charge >= 0.3 is 0 Å². The molecule has 0 aromatic carbocycles. The summed E-state index contributed by atoms with van der Waals surface area (Å²) in [4.78, 5) is 0. The van der Waals surface area contributed by atoms with Crippen LogP contribution in [0.4, 0.5) is 0 Å². The highest BCUT2D eigenvalue weighted by atomic mass is 16.5. The van der Waals surface area contributed by atoms with E-state index >= 15 is 0 Å². The average Bonchev–Trinajstić information content (AvgIpc) is 2.59. The van der Waals surface area contributed by atoms with Gasteiger partial charge in [0.05, 0.1) is 6.61 Å². The predicted molar refractivity (Wildman–Crippen MR) is 48.9 cm³/mol. The second kappa shape index (κ2) is 3.00. The summed E-state index contributed by atoms with van der Waals surface area (Å²) in [5.41, 5.74) is 6.50. The van der Waals surface area contributed by atoms with Crippen molar-refractivity contribution in [3.63, 3.8) is 0 Å². The van der Waals surface area contributed by atoms with Crippen LogP contribution in [0.25, 0.3) is 0 Å². The second-order valence-electron chi connectivity index (χ2n) is 4.64. The molecule has 3 atom stereocenters. The number of rotatable bonds is 1. The Morgan fingerprint density at radius 3 is 2.75 bits per heavy atom. The monoisotopic (exact) mass is 169 g/mol. The van der Waals surface area contributed by atoms with E-state index in [1.165, 1.54) is 25.7 Å². The summed E-state index contributed by atoms with van der Waals surface area (Å²) in [6.07, 6.45) is 4.92. The number of ether oxygens (including phenoxy) is 1. The molecule has 1 aliphatic carbocycles. The first-order valence-corrected chi connectivity index (χ1v) is 5.07. The highest BCUT2D eigenvalue weighted by Crippen LogP contribution is 2.40. The predicted octanol–water partition coefficient (Wildman–Crippen LogP) is 1.54. The van der Waals surface area contributed by atoms with E-state index in [1.807, 2.05) is 0 Å². The molecular weight excluding hydrogens is 150 g/mol. The van der Waals surface area contributed by atoms with Crippen LogP contribution < -0.4 is 5.73 Å². The van der Waals surface area contributed by atoms with Crippen LogP contribution in [0.5, 0.6) is 0 Å². The number of hydrogen-bond donors (Lipinski definition) is 1. The minimum Gasteiger partial charge on any atom is -0.381 e. The zero-order chi connectivity index (χ0) is 8.60. The topological polar surface area (TPSA) is 35.2 Å². The summed E-state index contributed by atoms with van der Waals surface area (Å²) in [5, 5.41) is 0. The van der Waals surface area contributed by atoms with Gasteiger partial charge in [0.25, 0.3) is 0 Å². The van der Waals surface area contributed by atoms with Crippen molar-refractivity contribution in [2.45, 2.75) is 38.1 Å². The van der Waals surface area contributed by atoms with Gasteiger partial charge in [-0.25, -0.2) is 0 Å². The highest BCUT2D eigenvalue weighted by molar-refractivity contribution is 4.98. The summed E-state index contributed by atoms with van der Waals surface area (Å²) < 4.78 is 5.39. The minimum atomic E-state index is 0.121. The molecular formula is C10H19NO. The van der Waals surface area contributed by atoms with Crippen LogP contribution in [0.2, 0.25) is 0 Å². The molecule has 2 nitrogen and oxygen atoms in total. The summed E-state index contributed by atoms with van der Waals surface area (Å²) in [7, 11) is 0.